The van der Waals surface area contributed by atoms with Gasteiger partial charge in [-0.2, -0.15) is 0 Å². The summed E-state index contributed by atoms with van der Waals surface area (Å²) in [6, 6.07) is 11.0. The Kier molecular flexibility index (Phi) is 4.04. The highest BCUT2D eigenvalue weighted by molar-refractivity contribution is 5.79. The number of esters is 1. The summed E-state index contributed by atoms with van der Waals surface area (Å²) in [7, 11) is 0. The molecule has 1 heterocycles. The lowest BCUT2D eigenvalue weighted by Crippen LogP contribution is -2.39. The number of hydrogen-bond donors (Lipinski definition) is 1. The number of aromatic nitrogens is 1. The van der Waals surface area contributed by atoms with Gasteiger partial charge in [-0.1, -0.05) is 24.3 Å². The van der Waals surface area contributed by atoms with Crippen LogP contribution in [0.25, 0.3) is 10.9 Å². The molecule has 2 rings (SSSR count). The highest BCUT2D eigenvalue weighted by atomic mass is 16.6. The average molecular weight is 272 g/mol. The average Bonchev–Trinajstić information content (AvgIpc) is 2.36. The van der Waals surface area contributed by atoms with Crippen molar-refractivity contribution in [3.8, 4) is 0 Å². The zero-order chi connectivity index (χ0) is 14.8. The summed E-state index contributed by atoms with van der Waals surface area (Å²) in [6.45, 7) is 5.48. The molecule has 4 nitrogen and oxygen atoms in total. The van der Waals surface area contributed by atoms with Crippen molar-refractivity contribution >= 4 is 16.9 Å². The van der Waals surface area contributed by atoms with E-state index in [-0.39, 0.29) is 0 Å². The lowest BCUT2D eigenvalue weighted by atomic mass is 10.1. The monoisotopic (exact) mass is 272 g/mol. The van der Waals surface area contributed by atoms with Crippen LogP contribution in [0.2, 0.25) is 0 Å². The number of carbonyl (C=O) groups excluding carboxylic acids is 1. The first-order valence-electron chi connectivity index (χ1n) is 6.68. The second-order valence-corrected chi connectivity index (χ2v) is 5.84. The molecule has 0 aliphatic carbocycles. The van der Waals surface area contributed by atoms with Crippen LogP contribution in [-0.2, 0) is 16.0 Å². The van der Waals surface area contributed by atoms with Crippen molar-refractivity contribution in [3.63, 3.8) is 0 Å². The Balaban J connectivity index is 2.09. The molecule has 1 atom stereocenters. The molecule has 0 saturated heterocycles. The molecule has 0 aliphatic heterocycles. The van der Waals surface area contributed by atoms with Crippen molar-refractivity contribution in [2.45, 2.75) is 38.8 Å². The number of para-hydroxylation sites is 1. The SMILES string of the molecule is CC(C)(C)OC(=O)C(N)Cc1ccc2ccccc2n1. The first-order valence-corrected chi connectivity index (χ1v) is 6.68. The van der Waals surface area contributed by atoms with Gasteiger partial charge in [0.25, 0.3) is 0 Å². The van der Waals surface area contributed by atoms with E-state index in [0.29, 0.717) is 6.42 Å². The minimum Gasteiger partial charge on any atom is -0.459 e. The lowest BCUT2D eigenvalue weighted by molar-refractivity contribution is -0.156. The fourth-order valence-corrected chi connectivity index (χ4v) is 1.91. The number of benzene rings is 1. The lowest BCUT2D eigenvalue weighted by Gasteiger charge is -2.22. The van der Waals surface area contributed by atoms with Gasteiger partial charge in [0.05, 0.1) is 5.52 Å². The standard InChI is InChI=1S/C16H20N2O2/c1-16(2,3)20-15(19)13(17)10-12-9-8-11-6-4-5-7-14(11)18-12/h4-9,13H,10,17H2,1-3H3. The van der Waals surface area contributed by atoms with Crippen molar-refractivity contribution in [2.24, 2.45) is 5.73 Å². The fraction of sp³-hybridized carbons (Fsp3) is 0.375. The Morgan fingerprint density at radius 3 is 2.65 bits per heavy atom. The molecule has 0 radical (unpaired) electrons. The molecule has 0 fully saturated rings. The van der Waals surface area contributed by atoms with E-state index >= 15 is 0 Å². The third kappa shape index (κ3) is 3.78. The minimum absolute atomic E-state index is 0.375. The molecule has 0 spiro atoms. The number of carbonyl (C=O) groups is 1. The molecule has 0 saturated carbocycles. The van der Waals surface area contributed by atoms with Crippen LogP contribution < -0.4 is 5.73 Å². The topological polar surface area (TPSA) is 65.2 Å². The summed E-state index contributed by atoms with van der Waals surface area (Å²) in [6.07, 6.45) is 0.375. The van der Waals surface area contributed by atoms with Crippen molar-refractivity contribution < 1.29 is 9.53 Å². The number of pyridine rings is 1. The summed E-state index contributed by atoms with van der Waals surface area (Å²) in [5, 5.41) is 1.07. The zero-order valence-electron chi connectivity index (χ0n) is 12.1. The van der Waals surface area contributed by atoms with E-state index in [4.69, 9.17) is 10.5 Å². The van der Waals surface area contributed by atoms with Crippen LogP contribution >= 0.6 is 0 Å². The highest BCUT2D eigenvalue weighted by Crippen LogP contribution is 2.14. The largest absolute Gasteiger partial charge is 0.459 e. The number of rotatable bonds is 3. The van der Waals surface area contributed by atoms with Gasteiger partial charge in [-0.15, -0.1) is 0 Å². The van der Waals surface area contributed by atoms with E-state index in [1.807, 2.05) is 57.2 Å². The maximum Gasteiger partial charge on any atom is 0.323 e. The second-order valence-electron chi connectivity index (χ2n) is 5.84. The van der Waals surface area contributed by atoms with E-state index in [2.05, 4.69) is 4.98 Å². The van der Waals surface area contributed by atoms with Gasteiger partial charge in [0.1, 0.15) is 11.6 Å². The summed E-state index contributed by atoms with van der Waals surface area (Å²) in [5.41, 5.74) is 7.06. The van der Waals surface area contributed by atoms with Crippen LogP contribution in [0.15, 0.2) is 36.4 Å². The summed E-state index contributed by atoms with van der Waals surface area (Å²) < 4.78 is 5.27. The summed E-state index contributed by atoms with van der Waals surface area (Å²) in [5.74, 6) is -0.396. The fourth-order valence-electron chi connectivity index (χ4n) is 1.91. The maximum atomic E-state index is 11.9. The molecule has 4 heteroatoms. The molecule has 1 aromatic carbocycles. The molecule has 106 valence electrons. The van der Waals surface area contributed by atoms with Crippen molar-refractivity contribution in [2.75, 3.05) is 0 Å². The Morgan fingerprint density at radius 1 is 1.25 bits per heavy atom. The van der Waals surface area contributed by atoms with Crippen molar-refractivity contribution in [1.82, 2.24) is 4.98 Å². The van der Waals surface area contributed by atoms with Crippen LogP contribution in [0.1, 0.15) is 26.5 Å². The Labute approximate surface area is 119 Å². The van der Waals surface area contributed by atoms with Crippen LogP contribution in [-0.4, -0.2) is 22.6 Å². The van der Waals surface area contributed by atoms with Gasteiger partial charge in [-0.05, 0) is 32.9 Å². The molecule has 1 unspecified atom stereocenters. The summed E-state index contributed by atoms with van der Waals surface area (Å²) in [4.78, 5) is 16.4. The van der Waals surface area contributed by atoms with Crippen molar-refractivity contribution in [3.05, 3.63) is 42.1 Å². The van der Waals surface area contributed by atoms with Gasteiger partial charge < -0.3 is 10.5 Å². The molecule has 0 amide bonds. The van der Waals surface area contributed by atoms with Gasteiger partial charge in [-0.3, -0.25) is 9.78 Å². The number of ether oxygens (including phenoxy) is 1. The van der Waals surface area contributed by atoms with E-state index < -0.39 is 17.6 Å². The third-order valence-corrected chi connectivity index (χ3v) is 2.79. The van der Waals surface area contributed by atoms with Gasteiger partial charge in [-0.25, -0.2) is 0 Å². The molecule has 2 N–H and O–H groups in total. The summed E-state index contributed by atoms with van der Waals surface area (Å²) >= 11 is 0. The molecular weight excluding hydrogens is 252 g/mol. The molecule has 20 heavy (non-hydrogen) atoms. The number of nitrogens with two attached hydrogens (primary N) is 1. The third-order valence-electron chi connectivity index (χ3n) is 2.79. The number of hydrogen-bond acceptors (Lipinski definition) is 4. The van der Waals surface area contributed by atoms with E-state index in [9.17, 15) is 4.79 Å². The van der Waals surface area contributed by atoms with E-state index in [1.165, 1.54) is 0 Å². The Hall–Kier alpha value is -1.94. The van der Waals surface area contributed by atoms with Crippen LogP contribution in [0.5, 0.6) is 0 Å². The van der Waals surface area contributed by atoms with Gasteiger partial charge >= 0.3 is 5.97 Å². The molecule has 1 aromatic heterocycles. The number of nitrogens with zero attached hydrogens (tertiary/aromatic N) is 1. The second kappa shape index (κ2) is 5.59. The van der Waals surface area contributed by atoms with E-state index in [1.54, 1.807) is 0 Å². The molecule has 0 aliphatic rings. The first-order chi connectivity index (χ1) is 9.35. The van der Waals surface area contributed by atoms with Crippen LogP contribution in [0, 0.1) is 0 Å². The zero-order valence-corrected chi connectivity index (χ0v) is 12.1. The maximum absolute atomic E-state index is 11.9. The molecule has 2 aromatic rings. The normalized spacial score (nSPS) is 13.2. The van der Waals surface area contributed by atoms with Gasteiger partial charge in [0.15, 0.2) is 0 Å². The predicted octanol–water partition coefficient (Wildman–Crippen LogP) is 2.45. The molecular formula is C16H20N2O2. The first kappa shape index (κ1) is 14.5. The van der Waals surface area contributed by atoms with Gasteiger partial charge in [0, 0.05) is 17.5 Å². The van der Waals surface area contributed by atoms with Crippen LogP contribution in [0.4, 0.5) is 0 Å². The van der Waals surface area contributed by atoms with Crippen molar-refractivity contribution in [1.29, 1.82) is 0 Å². The minimum atomic E-state index is -0.692. The smallest absolute Gasteiger partial charge is 0.323 e. The molecule has 0 bridgehead atoms. The Morgan fingerprint density at radius 2 is 1.95 bits per heavy atom. The number of fused-ring (bicyclic) bond motifs is 1. The van der Waals surface area contributed by atoms with Crippen LogP contribution in [0.3, 0.4) is 0 Å². The van der Waals surface area contributed by atoms with E-state index in [0.717, 1.165) is 16.6 Å². The van der Waals surface area contributed by atoms with Gasteiger partial charge in [0.2, 0.25) is 0 Å². The quantitative estimate of drug-likeness (QED) is 0.872. The Bertz CT molecular complexity index is 617. The highest BCUT2D eigenvalue weighted by Gasteiger charge is 2.22. The predicted molar refractivity (Wildman–Crippen MR) is 79.3 cm³/mol.